The number of alkyl halides is 1. The van der Waals surface area contributed by atoms with Gasteiger partial charge in [-0.25, -0.2) is 4.39 Å². The molecular formula is C14H17FN2O2. The number of rotatable bonds is 5. The lowest BCUT2D eigenvalue weighted by molar-refractivity contribution is 0.138. The number of ether oxygens (including phenoxy) is 1. The number of hydrogen-bond donors (Lipinski definition) is 1. The standard InChI is InChI=1S/C14H17FN2O2/c15-12-7-13(10-18)17(9-12)4-5-19-14-3-1-2-11(6-14)8-16/h1-3,6,12-13,18H,4-5,7,9-10H2/t12-,13-/m0/s1. The minimum Gasteiger partial charge on any atom is -0.492 e. The average Bonchev–Trinajstić information content (AvgIpc) is 2.79. The maximum Gasteiger partial charge on any atom is 0.120 e. The third kappa shape index (κ3) is 3.66. The summed E-state index contributed by atoms with van der Waals surface area (Å²) >= 11 is 0. The molecule has 1 heterocycles. The molecule has 0 aromatic heterocycles. The van der Waals surface area contributed by atoms with Gasteiger partial charge in [-0.2, -0.15) is 5.26 Å². The topological polar surface area (TPSA) is 56.5 Å². The zero-order valence-corrected chi connectivity index (χ0v) is 10.6. The highest BCUT2D eigenvalue weighted by molar-refractivity contribution is 5.36. The van der Waals surface area contributed by atoms with E-state index in [1.165, 1.54) is 0 Å². The van der Waals surface area contributed by atoms with E-state index in [2.05, 4.69) is 0 Å². The molecule has 0 saturated carbocycles. The molecule has 1 fully saturated rings. The first-order chi connectivity index (χ1) is 9.22. The Hall–Kier alpha value is -1.64. The van der Waals surface area contributed by atoms with Crippen LogP contribution in [0, 0.1) is 11.3 Å². The summed E-state index contributed by atoms with van der Waals surface area (Å²) in [6.45, 7) is 1.32. The van der Waals surface area contributed by atoms with Gasteiger partial charge < -0.3 is 9.84 Å². The number of halogens is 1. The van der Waals surface area contributed by atoms with E-state index in [9.17, 15) is 4.39 Å². The molecule has 1 aromatic carbocycles. The first kappa shape index (κ1) is 13.8. The third-order valence-electron chi connectivity index (χ3n) is 3.30. The summed E-state index contributed by atoms with van der Waals surface area (Å²) in [5.74, 6) is 0.635. The summed E-state index contributed by atoms with van der Waals surface area (Å²) in [4.78, 5) is 1.90. The second-order valence-corrected chi connectivity index (χ2v) is 4.65. The second kappa shape index (κ2) is 6.50. The van der Waals surface area contributed by atoms with Crippen LogP contribution < -0.4 is 4.74 Å². The van der Waals surface area contributed by atoms with Gasteiger partial charge in [0.2, 0.25) is 0 Å². The van der Waals surface area contributed by atoms with Crippen LogP contribution in [-0.2, 0) is 0 Å². The van der Waals surface area contributed by atoms with Gasteiger partial charge in [0.25, 0.3) is 0 Å². The molecule has 0 amide bonds. The van der Waals surface area contributed by atoms with Gasteiger partial charge >= 0.3 is 0 Å². The van der Waals surface area contributed by atoms with E-state index < -0.39 is 6.17 Å². The Kier molecular flexibility index (Phi) is 4.72. The molecule has 1 N–H and O–H groups in total. The van der Waals surface area contributed by atoms with Crippen molar-refractivity contribution in [2.24, 2.45) is 0 Å². The highest BCUT2D eigenvalue weighted by Gasteiger charge is 2.31. The van der Waals surface area contributed by atoms with Crippen molar-refractivity contribution in [1.82, 2.24) is 4.90 Å². The van der Waals surface area contributed by atoms with Gasteiger partial charge in [0.15, 0.2) is 0 Å². The summed E-state index contributed by atoms with van der Waals surface area (Å²) in [5, 5.41) is 17.9. The van der Waals surface area contributed by atoms with Gasteiger partial charge in [-0.05, 0) is 24.6 Å². The molecule has 0 unspecified atom stereocenters. The monoisotopic (exact) mass is 264 g/mol. The van der Waals surface area contributed by atoms with Crippen molar-refractivity contribution in [1.29, 1.82) is 5.26 Å². The minimum absolute atomic E-state index is 0.0235. The molecule has 102 valence electrons. The van der Waals surface area contributed by atoms with Crippen molar-refractivity contribution >= 4 is 0 Å². The Balaban J connectivity index is 1.81. The van der Waals surface area contributed by atoms with Gasteiger partial charge in [-0.15, -0.1) is 0 Å². The number of aliphatic hydroxyl groups excluding tert-OH is 1. The van der Waals surface area contributed by atoms with Crippen molar-refractivity contribution in [2.45, 2.75) is 18.6 Å². The lowest BCUT2D eigenvalue weighted by atomic mass is 10.2. The number of benzene rings is 1. The summed E-state index contributed by atoms with van der Waals surface area (Å²) in [5.41, 5.74) is 0.552. The molecule has 0 radical (unpaired) electrons. The van der Waals surface area contributed by atoms with E-state index in [1.54, 1.807) is 24.3 Å². The van der Waals surface area contributed by atoms with Crippen molar-refractivity contribution in [3.8, 4) is 11.8 Å². The van der Waals surface area contributed by atoms with Gasteiger partial charge in [0, 0.05) is 19.1 Å². The first-order valence-corrected chi connectivity index (χ1v) is 6.35. The highest BCUT2D eigenvalue weighted by Crippen LogP contribution is 2.20. The Labute approximate surface area is 112 Å². The number of aliphatic hydroxyl groups is 1. The van der Waals surface area contributed by atoms with Crippen LogP contribution in [0.4, 0.5) is 4.39 Å². The molecular weight excluding hydrogens is 247 g/mol. The molecule has 4 nitrogen and oxygen atoms in total. The predicted octanol–water partition coefficient (Wildman–Crippen LogP) is 1.34. The van der Waals surface area contributed by atoms with Crippen LogP contribution in [0.2, 0.25) is 0 Å². The first-order valence-electron chi connectivity index (χ1n) is 6.35. The zero-order chi connectivity index (χ0) is 13.7. The lowest BCUT2D eigenvalue weighted by Gasteiger charge is -2.22. The Bertz CT molecular complexity index is 461. The van der Waals surface area contributed by atoms with Crippen LogP contribution in [0.3, 0.4) is 0 Å². The fourth-order valence-corrected chi connectivity index (χ4v) is 2.32. The number of likely N-dealkylation sites (tertiary alicyclic amines) is 1. The molecule has 1 aliphatic heterocycles. The van der Waals surface area contributed by atoms with Crippen molar-refractivity contribution in [3.63, 3.8) is 0 Å². The smallest absolute Gasteiger partial charge is 0.120 e. The normalized spacial score (nSPS) is 23.2. The van der Waals surface area contributed by atoms with Crippen molar-refractivity contribution < 1.29 is 14.2 Å². The summed E-state index contributed by atoms with van der Waals surface area (Å²) in [7, 11) is 0. The molecule has 5 heteroatoms. The number of nitrogens with zero attached hydrogens (tertiary/aromatic N) is 2. The van der Waals surface area contributed by atoms with Gasteiger partial charge in [0.05, 0.1) is 18.2 Å². The largest absolute Gasteiger partial charge is 0.492 e. The van der Waals surface area contributed by atoms with E-state index in [1.807, 2.05) is 11.0 Å². The number of nitriles is 1. The maximum atomic E-state index is 13.2. The Morgan fingerprint density at radius 3 is 3.11 bits per heavy atom. The van der Waals surface area contributed by atoms with E-state index in [-0.39, 0.29) is 12.6 Å². The van der Waals surface area contributed by atoms with Crippen molar-refractivity contribution in [2.75, 3.05) is 26.3 Å². The van der Waals surface area contributed by atoms with Crippen LogP contribution in [0.15, 0.2) is 24.3 Å². The Morgan fingerprint density at radius 2 is 2.37 bits per heavy atom. The van der Waals surface area contributed by atoms with E-state index in [0.717, 1.165) is 0 Å². The average molecular weight is 264 g/mol. The SMILES string of the molecule is N#Cc1cccc(OCCN2C[C@@H](F)C[C@H]2CO)c1. The molecule has 19 heavy (non-hydrogen) atoms. The maximum absolute atomic E-state index is 13.2. The minimum atomic E-state index is -0.862. The Morgan fingerprint density at radius 1 is 1.53 bits per heavy atom. The van der Waals surface area contributed by atoms with Crippen LogP contribution in [0.5, 0.6) is 5.75 Å². The third-order valence-corrected chi connectivity index (χ3v) is 3.30. The summed E-state index contributed by atoms with van der Waals surface area (Å²) in [6.07, 6.45) is -0.473. The molecule has 0 spiro atoms. The van der Waals surface area contributed by atoms with E-state index in [4.69, 9.17) is 15.1 Å². The highest BCUT2D eigenvalue weighted by atomic mass is 19.1. The predicted molar refractivity (Wildman–Crippen MR) is 68.6 cm³/mol. The molecule has 0 bridgehead atoms. The lowest BCUT2D eigenvalue weighted by Crippen LogP contribution is -2.35. The van der Waals surface area contributed by atoms with Crippen molar-refractivity contribution in [3.05, 3.63) is 29.8 Å². The van der Waals surface area contributed by atoms with Gasteiger partial charge in [-0.3, -0.25) is 4.90 Å². The zero-order valence-electron chi connectivity index (χ0n) is 10.6. The fourth-order valence-electron chi connectivity index (χ4n) is 2.32. The molecule has 1 aliphatic rings. The summed E-state index contributed by atoms with van der Waals surface area (Å²) < 4.78 is 18.8. The van der Waals surface area contributed by atoms with Crippen LogP contribution >= 0.6 is 0 Å². The van der Waals surface area contributed by atoms with Crippen LogP contribution in [0.1, 0.15) is 12.0 Å². The molecule has 0 aliphatic carbocycles. The molecule has 2 rings (SSSR count). The molecule has 2 atom stereocenters. The van der Waals surface area contributed by atoms with Crippen LogP contribution in [-0.4, -0.2) is 48.5 Å². The van der Waals surface area contributed by atoms with Gasteiger partial charge in [-0.1, -0.05) is 6.07 Å². The quantitative estimate of drug-likeness (QED) is 0.872. The number of hydrogen-bond acceptors (Lipinski definition) is 4. The second-order valence-electron chi connectivity index (χ2n) is 4.65. The van der Waals surface area contributed by atoms with Gasteiger partial charge in [0.1, 0.15) is 18.5 Å². The summed E-state index contributed by atoms with van der Waals surface area (Å²) in [6, 6.07) is 8.87. The fraction of sp³-hybridized carbons (Fsp3) is 0.500. The molecule has 1 saturated heterocycles. The van der Waals surface area contributed by atoms with E-state index >= 15 is 0 Å². The molecule has 1 aromatic rings. The van der Waals surface area contributed by atoms with Crippen LogP contribution in [0.25, 0.3) is 0 Å². The van der Waals surface area contributed by atoms with E-state index in [0.29, 0.717) is 37.4 Å².